The summed E-state index contributed by atoms with van der Waals surface area (Å²) in [4.78, 5) is 62.4. The Morgan fingerprint density at radius 3 is 2.64 bits per heavy atom. The van der Waals surface area contributed by atoms with Crippen molar-refractivity contribution in [1.82, 2.24) is 25.2 Å². The van der Waals surface area contributed by atoms with Gasteiger partial charge in [0.1, 0.15) is 34.6 Å². The van der Waals surface area contributed by atoms with Crippen LogP contribution in [0.5, 0.6) is 5.75 Å². The van der Waals surface area contributed by atoms with Crippen LogP contribution in [0, 0.1) is 6.92 Å². The van der Waals surface area contributed by atoms with E-state index in [0.29, 0.717) is 61.4 Å². The lowest BCUT2D eigenvalue weighted by Crippen LogP contribution is -2.61. The van der Waals surface area contributed by atoms with Crippen molar-refractivity contribution in [3.8, 4) is 5.75 Å². The lowest BCUT2D eigenvalue weighted by Gasteiger charge is -2.36. The average molecular weight is 802 g/mol. The number of ether oxygens (including phenoxy) is 2. The van der Waals surface area contributed by atoms with Gasteiger partial charge in [0.2, 0.25) is 21.8 Å². The zero-order valence-electron chi connectivity index (χ0n) is 32.9. The number of halogens is 1. The first-order valence-corrected chi connectivity index (χ1v) is 21.5. The topological polar surface area (TPSA) is 173 Å². The summed E-state index contributed by atoms with van der Waals surface area (Å²) in [5.41, 5.74) is -1.11. The smallest absolute Gasteiger partial charge is 0.408 e. The average Bonchev–Trinajstić information content (AvgIpc) is 3.46. The van der Waals surface area contributed by atoms with E-state index in [2.05, 4.69) is 15.4 Å². The van der Waals surface area contributed by atoms with Crippen molar-refractivity contribution in [2.24, 2.45) is 0 Å². The first-order chi connectivity index (χ1) is 25.8. The number of hydrogen-bond acceptors (Lipinski definition) is 9. The minimum Gasteiger partial charge on any atom is -0.483 e. The second kappa shape index (κ2) is 17.1. The van der Waals surface area contributed by atoms with Gasteiger partial charge in [-0.25, -0.2) is 18.2 Å². The first kappa shape index (κ1) is 42.2. The van der Waals surface area contributed by atoms with E-state index in [1.54, 1.807) is 32.9 Å². The number of benzene rings is 1. The standard InChI is InChI=1S/C40H56ClN5O8S/c1-7-8-15-22-55(51,52)45-36(49)39(6)20-14-12-10-9-11-13-16-31(43-37(50)54-38(3,4)5)35(48)46-25-40(24-32(46)34(47)44-39)21-19-28-29-23-27(41)17-18-30(29)42-26(2)33(28)53-40/h12,14,17-18,23,31-32H,7-11,13,15-16,19-22,24-25H2,1-6H3,(H,43,50)(H,44,47)(H,45,49). The summed E-state index contributed by atoms with van der Waals surface area (Å²) in [6, 6.07) is 3.38. The van der Waals surface area contributed by atoms with Crippen LogP contribution in [0.1, 0.15) is 117 Å². The van der Waals surface area contributed by atoms with E-state index in [9.17, 15) is 27.6 Å². The van der Waals surface area contributed by atoms with Gasteiger partial charge in [-0.1, -0.05) is 56.4 Å². The molecule has 4 amide bonds. The van der Waals surface area contributed by atoms with E-state index < -0.39 is 62.7 Å². The predicted octanol–water partition coefficient (Wildman–Crippen LogP) is 6.18. The normalized spacial score (nSPS) is 25.3. The van der Waals surface area contributed by atoms with E-state index >= 15 is 0 Å². The molecule has 302 valence electrons. The highest BCUT2D eigenvalue weighted by atomic mass is 35.5. The van der Waals surface area contributed by atoms with Crippen LogP contribution in [-0.2, 0) is 35.6 Å². The summed E-state index contributed by atoms with van der Waals surface area (Å²) in [6.07, 6.45) is 9.10. The molecule has 13 nitrogen and oxygen atoms in total. The SMILES string of the molecule is CCCCCS(=O)(=O)NC(=O)C1(C)CC=CCCCCCC(NC(=O)OC(C)(C)C)C(=O)N2CC3(CCc4c(c(C)nc5ccc(Cl)cc45)O3)CC2C(=O)N1. The molecule has 1 aromatic heterocycles. The number of carbonyl (C=O) groups is 4. The van der Waals surface area contributed by atoms with E-state index in [4.69, 9.17) is 26.1 Å². The van der Waals surface area contributed by atoms with Crippen LogP contribution in [0.15, 0.2) is 30.4 Å². The summed E-state index contributed by atoms with van der Waals surface area (Å²) >= 11 is 6.38. The Morgan fingerprint density at radius 2 is 1.91 bits per heavy atom. The van der Waals surface area contributed by atoms with Gasteiger partial charge in [0, 0.05) is 22.4 Å². The van der Waals surface area contributed by atoms with Gasteiger partial charge in [0.15, 0.2) is 0 Å². The van der Waals surface area contributed by atoms with E-state index in [-0.39, 0.29) is 25.1 Å². The van der Waals surface area contributed by atoms with E-state index in [0.717, 1.165) is 35.7 Å². The van der Waals surface area contributed by atoms with Crippen molar-refractivity contribution < 1.29 is 37.1 Å². The van der Waals surface area contributed by atoms with E-state index in [1.165, 1.54) is 11.8 Å². The molecule has 4 atom stereocenters. The number of nitrogens with zero attached hydrogens (tertiary/aromatic N) is 2. The number of hydrogen-bond donors (Lipinski definition) is 3. The number of allylic oxidation sites excluding steroid dienone is 1. The number of nitrogens with one attached hydrogen (secondary N) is 3. The molecule has 4 heterocycles. The molecule has 0 radical (unpaired) electrons. The van der Waals surface area contributed by atoms with Gasteiger partial charge in [-0.3, -0.25) is 19.1 Å². The Labute approximate surface area is 329 Å². The van der Waals surface area contributed by atoms with Gasteiger partial charge < -0.3 is 25.0 Å². The van der Waals surface area contributed by atoms with Crippen molar-refractivity contribution in [3.63, 3.8) is 0 Å². The molecule has 3 aliphatic rings. The number of unbranched alkanes of at least 4 members (excludes halogenated alkanes) is 2. The third-order valence-electron chi connectivity index (χ3n) is 10.5. The Hall–Kier alpha value is -3.91. The fraction of sp³-hybridized carbons (Fsp3) is 0.625. The van der Waals surface area contributed by atoms with Gasteiger partial charge >= 0.3 is 6.09 Å². The molecule has 0 aliphatic carbocycles. The van der Waals surface area contributed by atoms with Crippen molar-refractivity contribution in [3.05, 3.63) is 46.6 Å². The summed E-state index contributed by atoms with van der Waals surface area (Å²) in [6.45, 7) is 10.5. The van der Waals surface area contributed by atoms with Crippen molar-refractivity contribution in [2.75, 3.05) is 12.3 Å². The number of aryl methyl sites for hydroxylation is 2. The lowest BCUT2D eigenvalue weighted by atomic mass is 9.87. The molecule has 5 rings (SSSR count). The van der Waals surface area contributed by atoms with Crippen LogP contribution in [0.4, 0.5) is 4.79 Å². The number of rotatable bonds is 7. The molecule has 1 spiro atoms. The lowest BCUT2D eigenvalue weighted by molar-refractivity contribution is -0.142. The number of sulfonamides is 1. The molecule has 2 aromatic rings. The van der Waals surface area contributed by atoms with E-state index in [1.807, 2.05) is 32.1 Å². The number of carbonyl (C=O) groups excluding carboxylic acids is 4. The Kier molecular flexibility index (Phi) is 13.1. The minimum atomic E-state index is -3.98. The summed E-state index contributed by atoms with van der Waals surface area (Å²) in [5.74, 6) is -1.63. The molecule has 0 saturated carbocycles. The van der Waals surface area contributed by atoms with Crippen molar-refractivity contribution in [1.29, 1.82) is 0 Å². The molecule has 3 N–H and O–H groups in total. The third kappa shape index (κ3) is 10.5. The third-order valence-corrected chi connectivity index (χ3v) is 12.1. The van der Waals surface area contributed by atoms with Gasteiger partial charge in [-0.2, -0.15) is 0 Å². The second-order valence-electron chi connectivity index (χ2n) is 16.4. The number of amides is 4. The molecule has 15 heteroatoms. The summed E-state index contributed by atoms with van der Waals surface area (Å²) in [5, 5.41) is 7.06. The Balaban J connectivity index is 1.52. The molecule has 1 fully saturated rings. The Morgan fingerprint density at radius 1 is 1.15 bits per heavy atom. The van der Waals surface area contributed by atoms with Crippen molar-refractivity contribution >= 4 is 56.3 Å². The van der Waals surface area contributed by atoms with Crippen LogP contribution in [-0.4, -0.2) is 83.2 Å². The maximum absolute atomic E-state index is 14.7. The number of pyridine rings is 1. The molecule has 1 aromatic carbocycles. The number of aromatic nitrogens is 1. The Bertz CT molecular complexity index is 1930. The molecule has 4 unspecified atom stereocenters. The van der Waals surface area contributed by atoms with Crippen molar-refractivity contribution in [2.45, 2.75) is 147 Å². The van der Waals surface area contributed by atoms with Crippen LogP contribution in [0.25, 0.3) is 10.9 Å². The van der Waals surface area contributed by atoms with Gasteiger partial charge in [-0.15, -0.1) is 0 Å². The molecule has 3 aliphatic heterocycles. The minimum absolute atomic E-state index is 0.0219. The van der Waals surface area contributed by atoms with Gasteiger partial charge in [0.25, 0.3) is 5.91 Å². The zero-order chi connectivity index (χ0) is 40.2. The second-order valence-corrected chi connectivity index (χ2v) is 18.7. The fourth-order valence-electron chi connectivity index (χ4n) is 7.63. The first-order valence-electron chi connectivity index (χ1n) is 19.4. The fourth-order valence-corrected chi connectivity index (χ4v) is 8.99. The maximum Gasteiger partial charge on any atom is 0.408 e. The summed E-state index contributed by atoms with van der Waals surface area (Å²) in [7, 11) is -3.98. The molecular weight excluding hydrogens is 746 g/mol. The predicted molar refractivity (Wildman–Crippen MR) is 211 cm³/mol. The van der Waals surface area contributed by atoms with Gasteiger partial charge in [0.05, 0.1) is 23.5 Å². The molecular formula is C40H56ClN5O8S. The maximum atomic E-state index is 14.7. The van der Waals surface area contributed by atoms with Gasteiger partial charge in [-0.05, 0) is 97.8 Å². The monoisotopic (exact) mass is 801 g/mol. The number of alkyl carbamates (subject to hydrolysis) is 1. The largest absolute Gasteiger partial charge is 0.483 e. The highest BCUT2D eigenvalue weighted by Gasteiger charge is 2.54. The zero-order valence-corrected chi connectivity index (χ0v) is 34.5. The molecule has 0 bridgehead atoms. The van der Waals surface area contributed by atoms with Crippen LogP contribution < -0.4 is 20.1 Å². The highest BCUT2D eigenvalue weighted by molar-refractivity contribution is 7.90. The highest BCUT2D eigenvalue weighted by Crippen LogP contribution is 2.45. The molecule has 1 saturated heterocycles. The molecule has 55 heavy (non-hydrogen) atoms. The number of fused-ring (bicyclic) bond motifs is 4. The van der Waals surface area contributed by atoms with Crippen LogP contribution in [0.3, 0.4) is 0 Å². The summed E-state index contributed by atoms with van der Waals surface area (Å²) < 4.78 is 40.5. The van der Waals surface area contributed by atoms with Crippen LogP contribution >= 0.6 is 11.6 Å². The van der Waals surface area contributed by atoms with Crippen LogP contribution in [0.2, 0.25) is 5.02 Å². The quantitative estimate of drug-likeness (QED) is 0.219.